The van der Waals surface area contributed by atoms with Gasteiger partial charge in [-0.05, 0) is 23.4 Å². The Labute approximate surface area is 106 Å². The minimum atomic E-state index is -0.503. The van der Waals surface area contributed by atoms with Crippen molar-refractivity contribution in [3.63, 3.8) is 0 Å². The van der Waals surface area contributed by atoms with Gasteiger partial charge in [0.1, 0.15) is 0 Å². The number of hydrogen-bond acceptors (Lipinski definition) is 4. The van der Waals surface area contributed by atoms with Crippen LogP contribution in [0.25, 0.3) is 0 Å². The van der Waals surface area contributed by atoms with Crippen LogP contribution in [-0.2, 0) is 4.74 Å². The molecule has 0 atom stereocenters. The maximum Gasteiger partial charge on any atom is 0.224 e. The van der Waals surface area contributed by atoms with Gasteiger partial charge in [0.2, 0.25) is 5.28 Å². The van der Waals surface area contributed by atoms with Crippen LogP contribution in [0, 0.1) is 11.2 Å². The molecule has 1 rings (SSSR count). The summed E-state index contributed by atoms with van der Waals surface area (Å²) in [4.78, 5) is 7.35. The molecule has 0 amide bonds. The van der Waals surface area contributed by atoms with Gasteiger partial charge in [-0.15, -0.1) is 0 Å². The Balaban J connectivity index is 2.57. The van der Waals surface area contributed by atoms with E-state index in [0.717, 1.165) is 12.6 Å². The minimum absolute atomic E-state index is 0.0140. The normalized spacial score (nSPS) is 11.6. The van der Waals surface area contributed by atoms with E-state index in [9.17, 15) is 4.39 Å². The summed E-state index contributed by atoms with van der Waals surface area (Å²) < 4.78 is 18.3. The van der Waals surface area contributed by atoms with Crippen molar-refractivity contribution >= 4 is 17.4 Å². The van der Waals surface area contributed by atoms with Gasteiger partial charge >= 0.3 is 0 Å². The number of nitrogens with zero attached hydrogens (tertiary/aromatic N) is 2. The first-order chi connectivity index (χ1) is 7.94. The fourth-order valence-corrected chi connectivity index (χ4v) is 1.39. The van der Waals surface area contributed by atoms with Gasteiger partial charge in [-0.1, -0.05) is 13.8 Å². The van der Waals surface area contributed by atoms with Crippen LogP contribution in [0.4, 0.5) is 10.2 Å². The van der Waals surface area contributed by atoms with Gasteiger partial charge in [0.25, 0.3) is 0 Å². The summed E-state index contributed by atoms with van der Waals surface area (Å²) in [7, 11) is 1.66. The molecule has 17 heavy (non-hydrogen) atoms. The van der Waals surface area contributed by atoms with Gasteiger partial charge in [0.15, 0.2) is 11.6 Å². The number of rotatable bonds is 6. The molecule has 0 aromatic carbocycles. The standard InChI is InChI=1S/C11H17ClFN3O/c1-11(2,4-5-17-3)7-15-9-8(13)6-14-10(12)16-9/h6H,4-5,7H2,1-3H3,(H,14,15,16). The summed E-state index contributed by atoms with van der Waals surface area (Å²) in [5.41, 5.74) is -0.0140. The van der Waals surface area contributed by atoms with Crippen molar-refractivity contribution in [3.05, 3.63) is 17.3 Å². The molecule has 1 N–H and O–H groups in total. The largest absolute Gasteiger partial charge is 0.385 e. The monoisotopic (exact) mass is 261 g/mol. The van der Waals surface area contributed by atoms with Crippen LogP contribution in [0.15, 0.2) is 6.20 Å². The number of aromatic nitrogens is 2. The van der Waals surface area contributed by atoms with Gasteiger partial charge in [0, 0.05) is 20.3 Å². The highest BCUT2D eigenvalue weighted by Crippen LogP contribution is 2.21. The Bertz CT molecular complexity index is 374. The number of anilines is 1. The first kappa shape index (κ1) is 14.1. The molecule has 1 aromatic rings. The van der Waals surface area contributed by atoms with E-state index in [2.05, 4.69) is 29.1 Å². The minimum Gasteiger partial charge on any atom is -0.385 e. The SMILES string of the molecule is COCCC(C)(C)CNc1nc(Cl)ncc1F. The molecule has 4 nitrogen and oxygen atoms in total. The average molecular weight is 262 g/mol. The quantitative estimate of drug-likeness (QED) is 0.800. The van der Waals surface area contributed by atoms with Gasteiger partial charge in [0.05, 0.1) is 6.20 Å². The lowest BCUT2D eigenvalue weighted by atomic mass is 9.90. The second-order valence-corrected chi connectivity index (χ2v) is 4.93. The van der Waals surface area contributed by atoms with Crippen LogP contribution in [-0.4, -0.2) is 30.2 Å². The van der Waals surface area contributed by atoms with Gasteiger partial charge in [-0.3, -0.25) is 0 Å². The number of halogens is 2. The zero-order chi connectivity index (χ0) is 12.9. The van der Waals surface area contributed by atoms with Crippen molar-refractivity contribution in [2.24, 2.45) is 5.41 Å². The molecule has 0 bridgehead atoms. The Morgan fingerprint density at radius 3 is 2.88 bits per heavy atom. The van der Waals surface area contributed by atoms with Crippen molar-refractivity contribution in [3.8, 4) is 0 Å². The summed E-state index contributed by atoms with van der Waals surface area (Å²) in [6, 6.07) is 0. The smallest absolute Gasteiger partial charge is 0.224 e. The van der Waals surface area contributed by atoms with Crippen LogP contribution in [0.1, 0.15) is 20.3 Å². The highest BCUT2D eigenvalue weighted by Gasteiger charge is 2.18. The predicted molar refractivity (Wildman–Crippen MR) is 65.8 cm³/mol. The molecule has 0 unspecified atom stereocenters. The molecular formula is C11H17ClFN3O. The molecule has 0 fully saturated rings. The van der Waals surface area contributed by atoms with E-state index >= 15 is 0 Å². The highest BCUT2D eigenvalue weighted by molar-refractivity contribution is 6.28. The Morgan fingerprint density at radius 2 is 2.24 bits per heavy atom. The second kappa shape index (κ2) is 6.12. The molecule has 0 aliphatic heterocycles. The molecule has 1 aromatic heterocycles. The Morgan fingerprint density at radius 1 is 1.53 bits per heavy atom. The van der Waals surface area contributed by atoms with Crippen LogP contribution in [0.5, 0.6) is 0 Å². The van der Waals surface area contributed by atoms with E-state index in [1.807, 2.05) is 0 Å². The zero-order valence-corrected chi connectivity index (χ0v) is 11.0. The summed E-state index contributed by atoms with van der Waals surface area (Å²) in [6.45, 7) is 5.39. The van der Waals surface area contributed by atoms with E-state index < -0.39 is 5.82 Å². The first-order valence-electron chi connectivity index (χ1n) is 5.35. The second-order valence-electron chi connectivity index (χ2n) is 4.60. The van der Waals surface area contributed by atoms with Crippen molar-refractivity contribution in [1.82, 2.24) is 9.97 Å². The average Bonchev–Trinajstić information content (AvgIpc) is 2.28. The van der Waals surface area contributed by atoms with Crippen molar-refractivity contribution in [2.75, 3.05) is 25.6 Å². The first-order valence-corrected chi connectivity index (χ1v) is 5.73. The maximum atomic E-state index is 13.3. The fourth-order valence-electron chi connectivity index (χ4n) is 1.26. The lowest BCUT2D eigenvalue weighted by molar-refractivity contribution is 0.157. The highest BCUT2D eigenvalue weighted by atomic mass is 35.5. The third kappa shape index (κ3) is 4.83. The van der Waals surface area contributed by atoms with Crippen molar-refractivity contribution in [1.29, 1.82) is 0 Å². The fraction of sp³-hybridized carbons (Fsp3) is 0.636. The van der Waals surface area contributed by atoms with E-state index in [1.54, 1.807) is 7.11 Å². The van der Waals surface area contributed by atoms with Crippen LogP contribution in [0.3, 0.4) is 0 Å². The molecule has 0 spiro atoms. The van der Waals surface area contributed by atoms with Gasteiger partial charge in [-0.25, -0.2) is 9.37 Å². The van der Waals surface area contributed by atoms with Crippen LogP contribution >= 0.6 is 11.6 Å². The van der Waals surface area contributed by atoms with E-state index in [0.29, 0.717) is 13.2 Å². The predicted octanol–water partition coefficient (Wildman–Crippen LogP) is 2.74. The van der Waals surface area contributed by atoms with Gasteiger partial charge in [-0.2, -0.15) is 4.98 Å². The van der Waals surface area contributed by atoms with Crippen LogP contribution in [0.2, 0.25) is 5.28 Å². The number of methoxy groups -OCH3 is 1. The topological polar surface area (TPSA) is 47.0 Å². The third-order valence-electron chi connectivity index (χ3n) is 2.43. The van der Waals surface area contributed by atoms with Gasteiger partial charge < -0.3 is 10.1 Å². The Hall–Kier alpha value is -0.940. The summed E-state index contributed by atoms with van der Waals surface area (Å²) in [6.07, 6.45) is 1.93. The molecular weight excluding hydrogens is 245 g/mol. The molecule has 0 saturated carbocycles. The lowest BCUT2D eigenvalue weighted by Crippen LogP contribution is -2.25. The lowest BCUT2D eigenvalue weighted by Gasteiger charge is -2.24. The van der Waals surface area contributed by atoms with E-state index in [-0.39, 0.29) is 16.5 Å². The molecule has 1 heterocycles. The number of nitrogens with one attached hydrogen (secondary N) is 1. The molecule has 6 heteroatoms. The molecule has 0 aliphatic rings. The molecule has 0 saturated heterocycles. The zero-order valence-electron chi connectivity index (χ0n) is 10.3. The molecule has 0 radical (unpaired) electrons. The van der Waals surface area contributed by atoms with E-state index in [1.165, 1.54) is 0 Å². The number of hydrogen-bond donors (Lipinski definition) is 1. The molecule has 96 valence electrons. The Kier molecular flexibility index (Phi) is 5.08. The van der Waals surface area contributed by atoms with E-state index in [4.69, 9.17) is 16.3 Å². The maximum absolute atomic E-state index is 13.3. The van der Waals surface area contributed by atoms with Crippen LogP contribution < -0.4 is 5.32 Å². The van der Waals surface area contributed by atoms with Crippen molar-refractivity contribution in [2.45, 2.75) is 20.3 Å². The van der Waals surface area contributed by atoms with Crippen molar-refractivity contribution < 1.29 is 9.13 Å². The number of ether oxygens (including phenoxy) is 1. The summed E-state index contributed by atoms with van der Waals surface area (Å²) >= 11 is 5.60. The molecule has 0 aliphatic carbocycles. The summed E-state index contributed by atoms with van der Waals surface area (Å²) in [5.74, 6) is -0.368. The summed E-state index contributed by atoms with van der Waals surface area (Å²) in [5, 5.41) is 2.97. The third-order valence-corrected chi connectivity index (χ3v) is 2.61.